The van der Waals surface area contributed by atoms with Crippen LogP contribution in [0.5, 0.6) is 0 Å². The standard InChI is InChI=1S/C20H18F2N4O2/c21-14-8-9-16(22)15(12-14)18(27)23-17(13-6-2-1-3-7-13)19-24-25-20(28-19)26-10-4-5-11-26/h1-3,6-9,12,17H,4-5,10-11H2,(H,23,27)/t17-/m1/s1. The maximum absolute atomic E-state index is 14.0. The fourth-order valence-corrected chi connectivity index (χ4v) is 3.19. The summed E-state index contributed by atoms with van der Waals surface area (Å²) in [5, 5.41) is 10.8. The summed E-state index contributed by atoms with van der Waals surface area (Å²) < 4.78 is 33.3. The third-order valence-electron chi connectivity index (χ3n) is 4.63. The lowest BCUT2D eigenvalue weighted by Gasteiger charge is -2.16. The van der Waals surface area contributed by atoms with Crippen LogP contribution in [-0.2, 0) is 0 Å². The molecule has 0 bridgehead atoms. The van der Waals surface area contributed by atoms with Crippen molar-refractivity contribution in [2.24, 2.45) is 0 Å². The highest BCUT2D eigenvalue weighted by molar-refractivity contribution is 5.94. The van der Waals surface area contributed by atoms with Crippen molar-refractivity contribution in [2.75, 3.05) is 18.0 Å². The van der Waals surface area contributed by atoms with Gasteiger partial charge in [0.1, 0.15) is 17.7 Å². The number of rotatable bonds is 5. The highest BCUT2D eigenvalue weighted by atomic mass is 19.1. The number of amides is 1. The maximum atomic E-state index is 14.0. The van der Waals surface area contributed by atoms with Crippen LogP contribution in [0, 0.1) is 11.6 Å². The van der Waals surface area contributed by atoms with E-state index in [1.807, 2.05) is 11.0 Å². The third-order valence-corrected chi connectivity index (χ3v) is 4.63. The van der Waals surface area contributed by atoms with E-state index in [0.717, 1.165) is 44.1 Å². The quantitative estimate of drug-likeness (QED) is 0.729. The lowest BCUT2D eigenvalue weighted by molar-refractivity contribution is 0.0933. The molecule has 1 N–H and O–H groups in total. The van der Waals surface area contributed by atoms with Crippen LogP contribution >= 0.6 is 0 Å². The number of hydrogen-bond acceptors (Lipinski definition) is 5. The van der Waals surface area contributed by atoms with Crippen molar-refractivity contribution >= 4 is 11.9 Å². The molecule has 2 heterocycles. The Bertz CT molecular complexity index is 971. The summed E-state index contributed by atoms with van der Waals surface area (Å²) in [4.78, 5) is 14.6. The second-order valence-electron chi connectivity index (χ2n) is 6.56. The number of benzene rings is 2. The summed E-state index contributed by atoms with van der Waals surface area (Å²) in [6.07, 6.45) is 2.10. The van der Waals surface area contributed by atoms with Crippen LogP contribution in [0.2, 0.25) is 0 Å². The average Bonchev–Trinajstić information content (AvgIpc) is 3.40. The maximum Gasteiger partial charge on any atom is 0.318 e. The van der Waals surface area contributed by atoms with Gasteiger partial charge in [-0.1, -0.05) is 35.4 Å². The number of halogens is 2. The summed E-state index contributed by atoms with van der Waals surface area (Å²) in [7, 11) is 0. The molecule has 1 saturated heterocycles. The number of aromatic nitrogens is 2. The largest absolute Gasteiger partial charge is 0.405 e. The van der Waals surface area contributed by atoms with E-state index in [1.54, 1.807) is 24.3 Å². The Morgan fingerprint density at radius 1 is 1.07 bits per heavy atom. The molecule has 1 fully saturated rings. The first-order chi connectivity index (χ1) is 13.6. The van der Waals surface area contributed by atoms with Crippen molar-refractivity contribution < 1.29 is 18.0 Å². The molecule has 0 saturated carbocycles. The molecule has 144 valence electrons. The molecule has 1 aliphatic rings. The van der Waals surface area contributed by atoms with Crippen molar-refractivity contribution in [2.45, 2.75) is 18.9 Å². The van der Waals surface area contributed by atoms with Crippen molar-refractivity contribution in [3.05, 3.63) is 77.2 Å². The molecular weight excluding hydrogens is 366 g/mol. The molecule has 8 heteroatoms. The van der Waals surface area contributed by atoms with Gasteiger partial charge in [-0.05, 0) is 36.6 Å². The molecule has 4 rings (SSSR count). The van der Waals surface area contributed by atoms with Crippen LogP contribution in [0.25, 0.3) is 0 Å². The minimum Gasteiger partial charge on any atom is -0.405 e. The Hall–Kier alpha value is -3.29. The molecule has 0 spiro atoms. The van der Waals surface area contributed by atoms with E-state index in [-0.39, 0.29) is 11.5 Å². The predicted octanol–water partition coefficient (Wildman–Crippen LogP) is 3.47. The molecule has 1 aliphatic heterocycles. The highest BCUT2D eigenvalue weighted by Gasteiger charge is 2.27. The molecule has 3 aromatic rings. The number of nitrogens with zero attached hydrogens (tertiary/aromatic N) is 3. The van der Waals surface area contributed by atoms with E-state index in [9.17, 15) is 13.6 Å². The molecule has 1 atom stereocenters. The van der Waals surface area contributed by atoms with Crippen molar-refractivity contribution in [3.8, 4) is 0 Å². The summed E-state index contributed by atoms with van der Waals surface area (Å²) in [6.45, 7) is 1.66. The zero-order chi connectivity index (χ0) is 19.5. The van der Waals surface area contributed by atoms with Crippen LogP contribution in [-0.4, -0.2) is 29.2 Å². The number of hydrogen-bond donors (Lipinski definition) is 1. The van der Waals surface area contributed by atoms with Gasteiger partial charge < -0.3 is 14.6 Å². The van der Waals surface area contributed by atoms with Crippen LogP contribution in [0.15, 0.2) is 52.9 Å². The first-order valence-corrected chi connectivity index (χ1v) is 9.01. The molecule has 28 heavy (non-hydrogen) atoms. The van der Waals surface area contributed by atoms with Gasteiger partial charge in [0.2, 0.25) is 5.89 Å². The summed E-state index contributed by atoms with van der Waals surface area (Å²) >= 11 is 0. The number of carbonyl (C=O) groups is 1. The Kier molecular flexibility index (Phi) is 5.01. The summed E-state index contributed by atoms with van der Waals surface area (Å²) in [5.41, 5.74) is 0.296. The van der Waals surface area contributed by atoms with Gasteiger partial charge in [-0.3, -0.25) is 4.79 Å². The van der Waals surface area contributed by atoms with Crippen molar-refractivity contribution in [3.63, 3.8) is 0 Å². The Labute approximate surface area is 160 Å². The molecule has 1 aromatic heterocycles. The summed E-state index contributed by atoms with van der Waals surface area (Å²) in [6, 6.07) is 11.3. The number of carbonyl (C=O) groups excluding carboxylic acids is 1. The third kappa shape index (κ3) is 3.71. The molecule has 0 unspecified atom stereocenters. The monoisotopic (exact) mass is 384 g/mol. The molecule has 6 nitrogen and oxygen atoms in total. The average molecular weight is 384 g/mol. The molecular formula is C20H18F2N4O2. The van der Waals surface area contributed by atoms with E-state index in [1.165, 1.54) is 0 Å². The van der Waals surface area contributed by atoms with Gasteiger partial charge in [-0.25, -0.2) is 8.78 Å². The number of nitrogens with one attached hydrogen (secondary N) is 1. The molecule has 2 aromatic carbocycles. The Morgan fingerprint density at radius 3 is 2.57 bits per heavy atom. The van der Waals surface area contributed by atoms with E-state index in [4.69, 9.17) is 4.42 Å². The van der Waals surface area contributed by atoms with Gasteiger partial charge in [-0.2, -0.15) is 0 Å². The van der Waals surface area contributed by atoms with Crippen molar-refractivity contribution in [1.29, 1.82) is 0 Å². The minimum absolute atomic E-state index is 0.179. The Morgan fingerprint density at radius 2 is 1.82 bits per heavy atom. The predicted molar refractivity (Wildman–Crippen MR) is 97.9 cm³/mol. The van der Waals surface area contributed by atoms with E-state index >= 15 is 0 Å². The fraction of sp³-hybridized carbons (Fsp3) is 0.250. The highest BCUT2D eigenvalue weighted by Crippen LogP contribution is 2.26. The zero-order valence-electron chi connectivity index (χ0n) is 14.9. The van der Waals surface area contributed by atoms with E-state index in [2.05, 4.69) is 15.5 Å². The fourth-order valence-electron chi connectivity index (χ4n) is 3.19. The second-order valence-corrected chi connectivity index (χ2v) is 6.56. The first kappa shape index (κ1) is 18.1. The van der Waals surface area contributed by atoms with E-state index in [0.29, 0.717) is 11.6 Å². The smallest absolute Gasteiger partial charge is 0.318 e. The van der Waals surface area contributed by atoms with E-state index < -0.39 is 23.6 Å². The first-order valence-electron chi connectivity index (χ1n) is 9.01. The SMILES string of the molecule is O=C(N[C@H](c1ccccc1)c1nnc(N2CCCC2)o1)c1cc(F)ccc1F. The number of anilines is 1. The van der Waals surface area contributed by atoms with Crippen molar-refractivity contribution in [1.82, 2.24) is 15.5 Å². The van der Waals surface area contributed by atoms with Gasteiger partial charge in [0.15, 0.2) is 0 Å². The molecule has 0 aliphatic carbocycles. The second kappa shape index (κ2) is 7.75. The van der Waals surface area contributed by atoms with Crippen LogP contribution < -0.4 is 10.2 Å². The van der Waals surface area contributed by atoms with Crippen LogP contribution in [0.4, 0.5) is 14.8 Å². The van der Waals surface area contributed by atoms with Gasteiger partial charge in [-0.15, -0.1) is 5.10 Å². The molecule has 0 radical (unpaired) electrons. The van der Waals surface area contributed by atoms with Gasteiger partial charge in [0, 0.05) is 13.1 Å². The van der Waals surface area contributed by atoms with Gasteiger partial charge in [0.05, 0.1) is 5.56 Å². The van der Waals surface area contributed by atoms with Gasteiger partial charge >= 0.3 is 6.01 Å². The van der Waals surface area contributed by atoms with Crippen LogP contribution in [0.1, 0.15) is 40.7 Å². The summed E-state index contributed by atoms with van der Waals surface area (Å²) in [5.74, 6) is -2.10. The normalized spacial score (nSPS) is 14.9. The lowest BCUT2D eigenvalue weighted by Crippen LogP contribution is -2.30. The van der Waals surface area contributed by atoms with Crippen LogP contribution in [0.3, 0.4) is 0 Å². The Balaban J connectivity index is 1.65. The zero-order valence-corrected chi connectivity index (χ0v) is 14.9. The molecule has 1 amide bonds. The lowest BCUT2D eigenvalue weighted by atomic mass is 10.1. The minimum atomic E-state index is -0.811. The topological polar surface area (TPSA) is 71.3 Å². The van der Waals surface area contributed by atoms with Gasteiger partial charge in [0.25, 0.3) is 5.91 Å².